The maximum Gasteiger partial charge on any atom is 0.251 e. The Morgan fingerprint density at radius 2 is 2.00 bits per heavy atom. The average Bonchev–Trinajstić information content (AvgIpc) is 2.23. The Kier molecular flexibility index (Phi) is 4.65. The van der Waals surface area contributed by atoms with Crippen LogP contribution >= 0.6 is 0 Å². The van der Waals surface area contributed by atoms with Crippen LogP contribution in [0.15, 0.2) is 18.2 Å². The third-order valence-corrected chi connectivity index (χ3v) is 2.04. The van der Waals surface area contributed by atoms with Crippen molar-refractivity contribution < 1.29 is 14.0 Å². The molecule has 5 nitrogen and oxygen atoms in total. The highest BCUT2D eigenvalue weighted by Crippen LogP contribution is 2.10. The number of halogens is 1. The fourth-order valence-corrected chi connectivity index (χ4v) is 1.38. The van der Waals surface area contributed by atoms with Crippen LogP contribution in [0.3, 0.4) is 0 Å². The number of nitrogens with two attached hydrogens (primary N) is 1. The van der Waals surface area contributed by atoms with Crippen LogP contribution in [0.1, 0.15) is 24.2 Å². The predicted octanol–water partition coefficient (Wildman–Crippen LogP) is 0.662. The molecule has 1 aromatic carbocycles. The van der Waals surface area contributed by atoms with Gasteiger partial charge < -0.3 is 16.4 Å². The lowest BCUT2D eigenvalue weighted by Gasteiger charge is -2.09. The summed E-state index contributed by atoms with van der Waals surface area (Å²) in [5.74, 6) is -1.44. The molecule has 0 aromatic heterocycles. The third kappa shape index (κ3) is 4.40. The van der Waals surface area contributed by atoms with Gasteiger partial charge in [0.15, 0.2) is 0 Å². The summed E-state index contributed by atoms with van der Waals surface area (Å²) in [5.41, 5.74) is 5.67. The number of hydrogen-bond donors (Lipinski definition) is 3. The molecule has 0 heterocycles. The molecule has 4 N–H and O–H groups in total. The molecule has 1 rings (SSSR count). The van der Waals surface area contributed by atoms with Gasteiger partial charge in [-0.3, -0.25) is 9.59 Å². The molecule has 0 saturated heterocycles. The summed E-state index contributed by atoms with van der Waals surface area (Å²) in [4.78, 5) is 22.9. The maximum atomic E-state index is 13.0. The van der Waals surface area contributed by atoms with E-state index in [1.165, 1.54) is 6.07 Å². The fraction of sp³-hybridized carbons (Fsp3) is 0.333. The summed E-state index contributed by atoms with van der Waals surface area (Å²) in [6.07, 6.45) is 0. The number of benzene rings is 1. The first-order valence-corrected chi connectivity index (χ1v) is 5.52. The molecule has 98 valence electrons. The second kappa shape index (κ2) is 6.00. The maximum absolute atomic E-state index is 13.0. The number of nitrogen functional groups attached to an aromatic ring is 1. The van der Waals surface area contributed by atoms with Crippen LogP contribution < -0.4 is 16.4 Å². The van der Waals surface area contributed by atoms with Crippen molar-refractivity contribution in [3.63, 3.8) is 0 Å². The number of carbonyl (C=O) groups excluding carboxylic acids is 2. The Balaban J connectivity index is 2.58. The topological polar surface area (TPSA) is 84.2 Å². The molecule has 0 aliphatic rings. The summed E-state index contributed by atoms with van der Waals surface area (Å²) in [6.45, 7) is 3.47. The smallest absolute Gasteiger partial charge is 0.251 e. The quantitative estimate of drug-likeness (QED) is 0.689. The van der Waals surface area contributed by atoms with E-state index in [4.69, 9.17) is 5.73 Å². The van der Waals surface area contributed by atoms with Crippen molar-refractivity contribution in [2.45, 2.75) is 19.9 Å². The Hall–Kier alpha value is -2.11. The van der Waals surface area contributed by atoms with Crippen molar-refractivity contribution >= 4 is 17.5 Å². The lowest BCUT2D eigenvalue weighted by atomic mass is 10.2. The summed E-state index contributed by atoms with van der Waals surface area (Å²) in [5, 5.41) is 5.01. The van der Waals surface area contributed by atoms with Crippen LogP contribution in [0.4, 0.5) is 10.1 Å². The van der Waals surface area contributed by atoms with Crippen molar-refractivity contribution in [1.82, 2.24) is 10.6 Å². The van der Waals surface area contributed by atoms with Crippen molar-refractivity contribution in [2.24, 2.45) is 0 Å². The summed E-state index contributed by atoms with van der Waals surface area (Å²) >= 11 is 0. The zero-order valence-corrected chi connectivity index (χ0v) is 10.3. The minimum atomic E-state index is -0.591. The van der Waals surface area contributed by atoms with Gasteiger partial charge in [0.25, 0.3) is 5.91 Å². The van der Waals surface area contributed by atoms with Crippen molar-refractivity contribution in [3.05, 3.63) is 29.6 Å². The SMILES string of the molecule is CC(C)NC(=O)CNC(=O)c1cc(N)cc(F)c1. The first kappa shape index (κ1) is 14.0. The lowest BCUT2D eigenvalue weighted by Crippen LogP contribution is -2.39. The van der Waals surface area contributed by atoms with Gasteiger partial charge in [-0.25, -0.2) is 4.39 Å². The largest absolute Gasteiger partial charge is 0.399 e. The van der Waals surface area contributed by atoms with Gasteiger partial charge >= 0.3 is 0 Å². The number of rotatable bonds is 4. The fourth-order valence-electron chi connectivity index (χ4n) is 1.38. The summed E-state index contributed by atoms with van der Waals surface area (Å²) < 4.78 is 13.0. The Bertz CT molecular complexity index is 440. The van der Waals surface area contributed by atoms with Crippen LogP contribution in [0, 0.1) is 5.82 Å². The third-order valence-electron chi connectivity index (χ3n) is 2.04. The molecule has 0 radical (unpaired) electrons. The van der Waals surface area contributed by atoms with Crippen LogP contribution in [0.25, 0.3) is 0 Å². The molecule has 0 bridgehead atoms. The van der Waals surface area contributed by atoms with Gasteiger partial charge in [-0.05, 0) is 32.0 Å². The molecule has 0 saturated carbocycles. The van der Waals surface area contributed by atoms with Crippen LogP contribution in [-0.4, -0.2) is 24.4 Å². The zero-order valence-electron chi connectivity index (χ0n) is 10.3. The van der Waals surface area contributed by atoms with Crippen molar-refractivity contribution in [3.8, 4) is 0 Å². The number of amides is 2. The summed E-state index contributed by atoms with van der Waals surface area (Å²) in [6, 6.07) is 3.52. The van der Waals surface area contributed by atoms with Gasteiger partial charge in [-0.1, -0.05) is 0 Å². The van der Waals surface area contributed by atoms with E-state index in [1.54, 1.807) is 0 Å². The lowest BCUT2D eigenvalue weighted by molar-refractivity contribution is -0.120. The van der Waals surface area contributed by atoms with E-state index in [2.05, 4.69) is 10.6 Å². The van der Waals surface area contributed by atoms with E-state index in [-0.39, 0.29) is 29.7 Å². The van der Waals surface area contributed by atoms with Crippen LogP contribution in [0.5, 0.6) is 0 Å². The highest BCUT2D eigenvalue weighted by atomic mass is 19.1. The molecular formula is C12H16FN3O2. The van der Waals surface area contributed by atoms with Crippen molar-refractivity contribution in [1.29, 1.82) is 0 Å². The van der Waals surface area contributed by atoms with Gasteiger partial charge in [-0.2, -0.15) is 0 Å². The molecule has 18 heavy (non-hydrogen) atoms. The van der Waals surface area contributed by atoms with E-state index in [0.717, 1.165) is 12.1 Å². The molecule has 0 aliphatic heterocycles. The molecule has 0 spiro atoms. The number of carbonyl (C=O) groups is 2. The predicted molar refractivity (Wildman–Crippen MR) is 66.4 cm³/mol. The Morgan fingerprint density at radius 1 is 1.33 bits per heavy atom. The molecule has 0 atom stereocenters. The molecule has 2 amide bonds. The summed E-state index contributed by atoms with van der Waals surface area (Å²) in [7, 11) is 0. The van der Waals surface area contributed by atoms with E-state index in [1.807, 2.05) is 13.8 Å². The van der Waals surface area contributed by atoms with Gasteiger partial charge in [0.2, 0.25) is 5.91 Å². The zero-order chi connectivity index (χ0) is 13.7. The van der Waals surface area contributed by atoms with Gasteiger partial charge in [0, 0.05) is 17.3 Å². The number of anilines is 1. The highest BCUT2D eigenvalue weighted by Gasteiger charge is 2.10. The minimum absolute atomic E-state index is 0.000726. The standard InChI is InChI=1S/C12H16FN3O2/c1-7(2)16-11(17)6-15-12(18)8-3-9(13)5-10(14)4-8/h3-5,7H,6,14H2,1-2H3,(H,15,18)(H,16,17). The second-order valence-corrected chi connectivity index (χ2v) is 4.18. The monoisotopic (exact) mass is 253 g/mol. The van der Waals surface area contributed by atoms with E-state index < -0.39 is 11.7 Å². The average molecular weight is 253 g/mol. The highest BCUT2D eigenvalue weighted by molar-refractivity contribution is 5.97. The van der Waals surface area contributed by atoms with E-state index in [0.29, 0.717) is 0 Å². The van der Waals surface area contributed by atoms with E-state index >= 15 is 0 Å². The molecular weight excluding hydrogens is 237 g/mol. The van der Waals surface area contributed by atoms with Crippen molar-refractivity contribution in [2.75, 3.05) is 12.3 Å². The van der Waals surface area contributed by atoms with Gasteiger partial charge in [0.1, 0.15) is 5.82 Å². The van der Waals surface area contributed by atoms with Gasteiger partial charge in [-0.15, -0.1) is 0 Å². The second-order valence-electron chi connectivity index (χ2n) is 4.18. The molecule has 0 aliphatic carbocycles. The number of hydrogen-bond acceptors (Lipinski definition) is 3. The molecule has 6 heteroatoms. The van der Waals surface area contributed by atoms with Crippen LogP contribution in [0.2, 0.25) is 0 Å². The Morgan fingerprint density at radius 3 is 2.56 bits per heavy atom. The first-order chi connectivity index (χ1) is 8.38. The number of nitrogens with one attached hydrogen (secondary N) is 2. The first-order valence-electron chi connectivity index (χ1n) is 5.52. The minimum Gasteiger partial charge on any atom is -0.399 e. The van der Waals surface area contributed by atoms with Crippen LogP contribution in [-0.2, 0) is 4.79 Å². The molecule has 0 fully saturated rings. The molecule has 0 unspecified atom stereocenters. The van der Waals surface area contributed by atoms with E-state index in [9.17, 15) is 14.0 Å². The molecule has 1 aromatic rings. The van der Waals surface area contributed by atoms with Gasteiger partial charge in [0.05, 0.1) is 6.54 Å². The normalized spacial score (nSPS) is 10.2. The Labute approximate surface area is 105 Å².